The Morgan fingerprint density at radius 3 is 2.64 bits per heavy atom. The Morgan fingerprint density at radius 1 is 1.45 bits per heavy atom. The van der Waals surface area contributed by atoms with Crippen LogP contribution in [0.5, 0.6) is 0 Å². The van der Waals surface area contributed by atoms with Crippen LogP contribution >= 0.6 is 0 Å². The SMILES string of the molecule is C=CC(=N)c1ccccc1C. The van der Waals surface area contributed by atoms with Gasteiger partial charge in [0.15, 0.2) is 0 Å². The highest BCUT2D eigenvalue weighted by molar-refractivity contribution is 6.07. The van der Waals surface area contributed by atoms with E-state index >= 15 is 0 Å². The van der Waals surface area contributed by atoms with Crippen LogP contribution in [0, 0.1) is 12.3 Å². The minimum atomic E-state index is 0.489. The molecule has 0 saturated heterocycles. The lowest BCUT2D eigenvalue weighted by Gasteiger charge is -2.01. The lowest BCUT2D eigenvalue weighted by Crippen LogP contribution is -1.95. The summed E-state index contributed by atoms with van der Waals surface area (Å²) < 4.78 is 0. The van der Waals surface area contributed by atoms with Crippen molar-refractivity contribution >= 4 is 5.71 Å². The third kappa shape index (κ3) is 1.55. The number of benzene rings is 1. The van der Waals surface area contributed by atoms with E-state index in [-0.39, 0.29) is 0 Å². The van der Waals surface area contributed by atoms with Gasteiger partial charge in [0.1, 0.15) is 0 Å². The molecule has 0 aliphatic carbocycles. The minimum absolute atomic E-state index is 0.489. The third-order valence-corrected chi connectivity index (χ3v) is 1.64. The number of hydrogen-bond donors (Lipinski definition) is 1. The van der Waals surface area contributed by atoms with Crippen molar-refractivity contribution in [2.45, 2.75) is 6.92 Å². The van der Waals surface area contributed by atoms with Crippen LogP contribution < -0.4 is 0 Å². The van der Waals surface area contributed by atoms with Gasteiger partial charge in [0.05, 0.1) is 5.71 Å². The Morgan fingerprint density at radius 2 is 2.09 bits per heavy atom. The molecule has 0 aromatic heterocycles. The maximum absolute atomic E-state index is 7.50. The molecule has 0 amide bonds. The molecule has 0 aliphatic heterocycles. The van der Waals surface area contributed by atoms with Crippen LogP contribution in [0.1, 0.15) is 11.1 Å². The zero-order chi connectivity index (χ0) is 8.27. The van der Waals surface area contributed by atoms with Gasteiger partial charge in [-0.3, -0.25) is 0 Å². The first-order chi connectivity index (χ1) is 5.25. The van der Waals surface area contributed by atoms with Gasteiger partial charge in [-0.25, -0.2) is 0 Å². The number of nitrogens with one attached hydrogen (secondary N) is 1. The second-order valence-corrected chi connectivity index (χ2v) is 2.43. The van der Waals surface area contributed by atoms with Crippen LogP contribution in [0.15, 0.2) is 36.9 Å². The average Bonchev–Trinajstić information content (AvgIpc) is 2.04. The van der Waals surface area contributed by atoms with Crippen LogP contribution in [0.25, 0.3) is 0 Å². The smallest absolute Gasteiger partial charge is 0.0608 e. The fourth-order valence-corrected chi connectivity index (χ4v) is 0.985. The molecule has 0 atom stereocenters. The van der Waals surface area contributed by atoms with E-state index in [2.05, 4.69) is 6.58 Å². The summed E-state index contributed by atoms with van der Waals surface area (Å²) in [6, 6.07) is 7.82. The molecule has 1 N–H and O–H groups in total. The molecule has 0 aliphatic rings. The van der Waals surface area contributed by atoms with E-state index in [0.717, 1.165) is 11.1 Å². The fourth-order valence-electron chi connectivity index (χ4n) is 0.985. The average molecular weight is 145 g/mol. The summed E-state index contributed by atoms with van der Waals surface area (Å²) in [6.45, 7) is 5.55. The van der Waals surface area contributed by atoms with E-state index in [1.54, 1.807) is 6.08 Å². The molecule has 0 saturated carbocycles. The van der Waals surface area contributed by atoms with E-state index in [1.165, 1.54) is 0 Å². The van der Waals surface area contributed by atoms with Crippen molar-refractivity contribution in [3.63, 3.8) is 0 Å². The summed E-state index contributed by atoms with van der Waals surface area (Å²) >= 11 is 0. The quantitative estimate of drug-likeness (QED) is 0.618. The highest BCUT2D eigenvalue weighted by atomic mass is 14.4. The Balaban J connectivity index is 3.13. The van der Waals surface area contributed by atoms with E-state index in [1.807, 2.05) is 31.2 Å². The molecular formula is C10H11N. The number of aryl methyl sites for hydroxylation is 1. The van der Waals surface area contributed by atoms with Crippen molar-refractivity contribution in [1.29, 1.82) is 5.41 Å². The second-order valence-electron chi connectivity index (χ2n) is 2.43. The standard InChI is InChI=1S/C10H11N/c1-3-10(11)9-7-5-4-6-8(9)2/h3-7,11H,1H2,2H3. The molecule has 0 bridgehead atoms. The summed E-state index contributed by atoms with van der Waals surface area (Å²) in [6.07, 6.45) is 1.56. The molecule has 56 valence electrons. The maximum Gasteiger partial charge on any atom is 0.0608 e. The Kier molecular flexibility index (Phi) is 2.21. The fraction of sp³-hybridized carbons (Fsp3) is 0.100. The molecule has 1 aromatic rings. The zero-order valence-electron chi connectivity index (χ0n) is 6.59. The van der Waals surface area contributed by atoms with Gasteiger partial charge in [0.2, 0.25) is 0 Å². The van der Waals surface area contributed by atoms with Gasteiger partial charge in [0.25, 0.3) is 0 Å². The predicted octanol–water partition coefficient (Wildman–Crippen LogP) is 2.55. The molecule has 0 spiro atoms. The van der Waals surface area contributed by atoms with Gasteiger partial charge in [-0.2, -0.15) is 0 Å². The molecule has 0 heterocycles. The Bertz CT molecular complexity index is 287. The van der Waals surface area contributed by atoms with Gasteiger partial charge in [-0.15, -0.1) is 0 Å². The Labute approximate surface area is 66.9 Å². The van der Waals surface area contributed by atoms with Crippen molar-refractivity contribution in [1.82, 2.24) is 0 Å². The molecule has 0 fully saturated rings. The highest BCUT2D eigenvalue weighted by Crippen LogP contribution is 2.07. The number of allylic oxidation sites excluding steroid dienone is 1. The summed E-state index contributed by atoms with van der Waals surface area (Å²) in [5.41, 5.74) is 2.57. The van der Waals surface area contributed by atoms with E-state index < -0.39 is 0 Å². The van der Waals surface area contributed by atoms with Crippen molar-refractivity contribution < 1.29 is 0 Å². The molecule has 0 radical (unpaired) electrons. The molecule has 1 nitrogen and oxygen atoms in total. The first kappa shape index (κ1) is 7.73. The van der Waals surface area contributed by atoms with E-state index in [0.29, 0.717) is 5.71 Å². The topological polar surface area (TPSA) is 23.9 Å². The first-order valence-electron chi connectivity index (χ1n) is 3.52. The largest absolute Gasteiger partial charge is 0.300 e. The van der Waals surface area contributed by atoms with Crippen LogP contribution in [0.4, 0.5) is 0 Å². The monoisotopic (exact) mass is 145 g/mol. The Hall–Kier alpha value is -1.37. The highest BCUT2D eigenvalue weighted by Gasteiger charge is 1.98. The molecule has 11 heavy (non-hydrogen) atoms. The van der Waals surface area contributed by atoms with Crippen molar-refractivity contribution in [2.24, 2.45) is 0 Å². The summed E-state index contributed by atoms with van der Waals surface area (Å²) in [7, 11) is 0. The molecule has 0 unspecified atom stereocenters. The number of hydrogen-bond acceptors (Lipinski definition) is 1. The molecule has 1 heteroatoms. The predicted molar refractivity (Wildman–Crippen MR) is 48.2 cm³/mol. The number of rotatable bonds is 2. The van der Waals surface area contributed by atoms with Gasteiger partial charge in [0, 0.05) is 5.56 Å². The summed E-state index contributed by atoms with van der Waals surface area (Å²) in [4.78, 5) is 0. The maximum atomic E-state index is 7.50. The van der Waals surface area contributed by atoms with Crippen LogP contribution in [0.2, 0.25) is 0 Å². The van der Waals surface area contributed by atoms with Crippen molar-refractivity contribution in [3.05, 3.63) is 48.0 Å². The van der Waals surface area contributed by atoms with Crippen LogP contribution in [-0.4, -0.2) is 5.71 Å². The molecular weight excluding hydrogens is 134 g/mol. The first-order valence-corrected chi connectivity index (χ1v) is 3.52. The van der Waals surface area contributed by atoms with E-state index in [4.69, 9.17) is 5.41 Å². The zero-order valence-corrected chi connectivity index (χ0v) is 6.59. The van der Waals surface area contributed by atoms with Gasteiger partial charge in [-0.1, -0.05) is 30.8 Å². The van der Waals surface area contributed by atoms with Crippen LogP contribution in [-0.2, 0) is 0 Å². The molecule has 1 rings (SSSR count). The molecule has 1 aromatic carbocycles. The van der Waals surface area contributed by atoms with Gasteiger partial charge in [-0.05, 0) is 18.6 Å². The van der Waals surface area contributed by atoms with Crippen molar-refractivity contribution in [2.75, 3.05) is 0 Å². The van der Waals surface area contributed by atoms with Crippen LogP contribution in [0.3, 0.4) is 0 Å². The van der Waals surface area contributed by atoms with Crippen molar-refractivity contribution in [3.8, 4) is 0 Å². The minimum Gasteiger partial charge on any atom is -0.300 e. The van der Waals surface area contributed by atoms with Gasteiger partial charge < -0.3 is 5.41 Å². The lowest BCUT2D eigenvalue weighted by atomic mass is 10.0. The third-order valence-electron chi connectivity index (χ3n) is 1.64. The normalized spacial score (nSPS) is 9.18. The lowest BCUT2D eigenvalue weighted by molar-refractivity contribution is 1.41. The van der Waals surface area contributed by atoms with E-state index in [9.17, 15) is 0 Å². The summed E-state index contributed by atoms with van der Waals surface area (Å²) in [5.74, 6) is 0. The second kappa shape index (κ2) is 3.15. The van der Waals surface area contributed by atoms with Gasteiger partial charge >= 0.3 is 0 Å². The summed E-state index contributed by atoms with van der Waals surface area (Å²) in [5, 5.41) is 7.50.